The number of carbonyl (C=O) groups excluding carboxylic acids is 2. The average Bonchev–Trinajstić information content (AvgIpc) is 2.19. The van der Waals surface area contributed by atoms with Crippen LogP contribution in [0.15, 0.2) is 0 Å². The maximum absolute atomic E-state index is 11.5. The molecule has 0 bridgehead atoms. The fourth-order valence-corrected chi connectivity index (χ4v) is 1.64. The van der Waals surface area contributed by atoms with Crippen molar-refractivity contribution in [2.45, 2.75) is 46.0 Å². The van der Waals surface area contributed by atoms with E-state index in [1.165, 1.54) is 6.42 Å². The topological polar surface area (TPSA) is 43.4 Å². The second-order valence-corrected chi connectivity index (χ2v) is 4.23. The van der Waals surface area contributed by atoms with E-state index in [1.54, 1.807) is 13.8 Å². The van der Waals surface area contributed by atoms with Gasteiger partial charge in [0.05, 0.1) is 11.8 Å². The first-order chi connectivity index (χ1) is 6.61. The summed E-state index contributed by atoms with van der Waals surface area (Å²) < 4.78 is 4.77. The Labute approximate surface area is 84.8 Å². The van der Waals surface area contributed by atoms with E-state index in [1.807, 2.05) is 0 Å². The second kappa shape index (κ2) is 5.13. The van der Waals surface area contributed by atoms with E-state index >= 15 is 0 Å². The SMILES string of the molecule is CC(C)C(=O)OC(=O)C1CCCCC1. The van der Waals surface area contributed by atoms with Gasteiger partial charge in [0.15, 0.2) is 0 Å². The van der Waals surface area contributed by atoms with Crippen LogP contribution in [0.4, 0.5) is 0 Å². The zero-order valence-corrected chi connectivity index (χ0v) is 8.91. The maximum Gasteiger partial charge on any atom is 0.316 e. The van der Waals surface area contributed by atoms with Gasteiger partial charge in [-0.25, -0.2) is 0 Å². The lowest BCUT2D eigenvalue weighted by Crippen LogP contribution is -2.25. The van der Waals surface area contributed by atoms with Crippen molar-refractivity contribution in [1.29, 1.82) is 0 Å². The molecule has 1 saturated carbocycles. The van der Waals surface area contributed by atoms with Crippen molar-refractivity contribution < 1.29 is 14.3 Å². The van der Waals surface area contributed by atoms with Gasteiger partial charge in [-0.3, -0.25) is 9.59 Å². The van der Waals surface area contributed by atoms with Crippen LogP contribution in [0.1, 0.15) is 46.0 Å². The highest BCUT2D eigenvalue weighted by molar-refractivity contribution is 5.87. The Morgan fingerprint density at radius 3 is 2.21 bits per heavy atom. The van der Waals surface area contributed by atoms with Crippen LogP contribution in [0.2, 0.25) is 0 Å². The van der Waals surface area contributed by atoms with Crippen molar-refractivity contribution in [2.75, 3.05) is 0 Å². The number of esters is 2. The van der Waals surface area contributed by atoms with Crippen LogP contribution in [-0.4, -0.2) is 11.9 Å². The molecule has 0 aromatic carbocycles. The summed E-state index contributed by atoms with van der Waals surface area (Å²) >= 11 is 0. The highest BCUT2D eigenvalue weighted by Gasteiger charge is 2.25. The number of rotatable bonds is 2. The lowest BCUT2D eigenvalue weighted by Gasteiger charge is -2.19. The van der Waals surface area contributed by atoms with Gasteiger partial charge in [0.25, 0.3) is 0 Å². The van der Waals surface area contributed by atoms with Gasteiger partial charge in [0, 0.05) is 0 Å². The largest absolute Gasteiger partial charge is 0.393 e. The third-order valence-electron chi connectivity index (χ3n) is 2.61. The fourth-order valence-electron chi connectivity index (χ4n) is 1.64. The van der Waals surface area contributed by atoms with E-state index in [2.05, 4.69) is 0 Å². The highest BCUT2D eigenvalue weighted by atomic mass is 16.6. The first-order valence-electron chi connectivity index (χ1n) is 5.37. The summed E-state index contributed by atoms with van der Waals surface area (Å²) in [4.78, 5) is 22.6. The van der Waals surface area contributed by atoms with Crippen LogP contribution in [-0.2, 0) is 14.3 Å². The molecule has 0 unspecified atom stereocenters. The third-order valence-corrected chi connectivity index (χ3v) is 2.61. The summed E-state index contributed by atoms with van der Waals surface area (Å²) in [6.07, 6.45) is 5.11. The minimum absolute atomic E-state index is 0.0357. The molecule has 0 heterocycles. The molecule has 3 nitrogen and oxygen atoms in total. The van der Waals surface area contributed by atoms with Gasteiger partial charge in [-0.2, -0.15) is 0 Å². The van der Waals surface area contributed by atoms with E-state index in [-0.39, 0.29) is 17.8 Å². The highest BCUT2D eigenvalue weighted by Crippen LogP contribution is 2.24. The molecule has 1 aliphatic rings. The molecule has 0 amide bonds. The summed E-state index contributed by atoms with van der Waals surface area (Å²) in [6.45, 7) is 3.47. The molecule has 1 aliphatic carbocycles. The minimum Gasteiger partial charge on any atom is -0.393 e. The van der Waals surface area contributed by atoms with E-state index in [0.717, 1.165) is 25.7 Å². The van der Waals surface area contributed by atoms with Crippen molar-refractivity contribution >= 4 is 11.9 Å². The molecular weight excluding hydrogens is 180 g/mol. The second-order valence-electron chi connectivity index (χ2n) is 4.23. The van der Waals surface area contributed by atoms with Gasteiger partial charge in [-0.15, -0.1) is 0 Å². The minimum atomic E-state index is -0.402. The smallest absolute Gasteiger partial charge is 0.316 e. The van der Waals surface area contributed by atoms with Gasteiger partial charge in [-0.05, 0) is 12.8 Å². The van der Waals surface area contributed by atoms with Crippen molar-refractivity contribution in [3.05, 3.63) is 0 Å². The van der Waals surface area contributed by atoms with E-state index in [4.69, 9.17) is 4.74 Å². The summed E-state index contributed by atoms with van der Waals surface area (Å²) in [7, 11) is 0. The van der Waals surface area contributed by atoms with Gasteiger partial charge in [0.1, 0.15) is 0 Å². The summed E-state index contributed by atoms with van der Waals surface area (Å²) in [5, 5.41) is 0. The van der Waals surface area contributed by atoms with Gasteiger partial charge in [-0.1, -0.05) is 33.1 Å². The van der Waals surface area contributed by atoms with Crippen LogP contribution in [0.3, 0.4) is 0 Å². The Balaban J connectivity index is 2.37. The zero-order valence-electron chi connectivity index (χ0n) is 8.91. The summed E-state index contributed by atoms with van der Waals surface area (Å²) in [6, 6.07) is 0. The van der Waals surface area contributed by atoms with Crippen molar-refractivity contribution in [1.82, 2.24) is 0 Å². The normalized spacial score (nSPS) is 18.2. The third kappa shape index (κ3) is 3.13. The molecule has 1 fully saturated rings. The fraction of sp³-hybridized carbons (Fsp3) is 0.818. The molecule has 80 valence electrons. The monoisotopic (exact) mass is 198 g/mol. The van der Waals surface area contributed by atoms with Crippen LogP contribution < -0.4 is 0 Å². The molecule has 0 N–H and O–H groups in total. The van der Waals surface area contributed by atoms with Crippen LogP contribution in [0.5, 0.6) is 0 Å². The van der Waals surface area contributed by atoms with Crippen LogP contribution in [0, 0.1) is 11.8 Å². The van der Waals surface area contributed by atoms with E-state index < -0.39 is 5.97 Å². The number of hydrogen-bond donors (Lipinski definition) is 0. The number of hydrogen-bond acceptors (Lipinski definition) is 3. The molecule has 0 aromatic rings. The van der Waals surface area contributed by atoms with Crippen LogP contribution in [0.25, 0.3) is 0 Å². The van der Waals surface area contributed by atoms with E-state index in [0.29, 0.717) is 0 Å². The lowest BCUT2D eigenvalue weighted by molar-refractivity contribution is -0.165. The quantitative estimate of drug-likeness (QED) is 0.505. The molecule has 14 heavy (non-hydrogen) atoms. The molecule has 0 aliphatic heterocycles. The molecular formula is C11H18O3. The summed E-state index contributed by atoms with van der Waals surface area (Å²) in [5.41, 5.74) is 0. The van der Waals surface area contributed by atoms with Crippen molar-refractivity contribution in [3.63, 3.8) is 0 Å². The Kier molecular flexibility index (Phi) is 4.11. The molecule has 0 spiro atoms. The van der Waals surface area contributed by atoms with Gasteiger partial charge in [0.2, 0.25) is 0 Å². The Morgan fingerprint density at radius 2 is 1.71 bits per heavy atom. The predicted molar refractivity (Wildman–Crippen MR) is 52.5 cm³/mol. The van der Waals surface area contributed by atoms with Gasteiger partial charge < -0.3 is 4.74 Å². The number of ether oxygens (including phenoxy) is 1. The molecule has 0 saturated heterocycles. The molecule has 0 radical (unpaired) electrons. The average molecular weight is 198 g/mol. The maximum atomic E-state index is 11.5. The van der Waals surface area contributed by atoms with Crippen molar-refractivity contribution in [3.8, 4) is 0 Å². The predicted octanol–water partition coefficient (Wildman–Crippen LogP) is 2.29. The first kappa shape index (κ1) is 11.2. The molecule has 1 rings (SSSR count). The van der Waals surface area contributed by atoms with E-state index in [9.17, 15) is 9.59 Å². The zero-order chi connectivity index (χ0) is 10.6. The molecule has 3 heteroatoms. The Morgan fingerprint density at radius 1 is 1.14 bits per heavy atom. The first-order valence-corrected chi connectivity index (χ1v) is 5.37. The lowest BCUT2D eigenvalue weighted by atomic mass is 9.89. The Bertz CT molecular complexity index is 215. The standard InChI is InChI=1S/C11H18O3/c1-8(2)10(12)14-11(13)9-6-4-3-5-7-9/h8-9H,3-7H2,1-2H3. The molecule has 0 aromatic heterocycles. The Hall–Kier alpha value is -0.860. The van der Waals surface area contributed by atoms with Crippen LogP contribution >= 0.6 is 0 Å². The van der Waals surface area contributed by atoms with Crippen molar-refractivity contribution in [2.24, 2.45) is 11.8 Å². The molecule has 0 atom stereocenters. The number of carbonyl (C=O) groups is 2. The summed E-state index contributed by atoms with van der Waals surface area (Å²) in [5.74, 6) is -0.974. The van der Waals surface area contributed by atoms with Gasteiger partial charge >= 0.3 is 11.9 Å².